The SMILES string of the molecule is Cc1ccc(C(=O)N2CCc3nc(Br)n(C)c3C2)c(C)c1. The zero-order valence-corrected chi connectivity index (χ0v) is 14.1. The van der Waals surface area contributed by atoms with Gasteiger partial charge in [0.05, 0.1) is 17.9 Å². The van der Waals surface area contributed by atoms with Crippen molar-refractivity contribution in [2.45, 2.75) is 26.8 Å². The van der Waals surface area contributed by atoms with E-state index < -0.39 is 0 Å². The molecule has 0 bridgehead atoms. The number of aromatic nitrogens is 2. The molecule has 21 heavy (non-hydrogen) atoms. The first-order valence-electron chi connectivity index (χ1n) is 7.04. The van der Waals surface area contributed by atoms with Crippen molar-refractivity contribution < 1.29 is 4.79 Å². The van der Waals surface area contributed by atoms with Gasteiger partial charge in [0.25, 0.3) is 5.91 Å². The van der Waals surface area contributed by atoms with E-state index in [4.69, 9.17) is 0 Å². The molecular weight excluding hydrogens is 330 g/mol. The highest BCUT2D eigenvalue weighted by Gasteiger charge is 2.26. The fourth-order valence-electron chi connectivity index (χ4n) is 2.85. The molecule has 0 saturated carbocycles. The molecule has 1 aliphatic heterocycles. The molecule has 1 amide bonds. The first-order chi connectivity index (χ1) is 9.97. The van der Waals surface area contributed by atoms with Crippen molar-refractivity contribution in [2.24, 2.45) is 7.05 Å². The number of halogens is 1. The lowest BCUT2D eigenvalue weighted by Gasteiger charge is -2.27. The van der Waals surface area contributed by atoms with Crippen LogP contribution < -0.4 is 0 Å². The molecular formula is C16H18BrN3O. The van der Waals surface area contributed by atoms with Gasteiger partial charge >= 0.3 is 0 Å². The van der Waals surface area contributed by atoms with Gasteiger partial charge in [-0.1, -0.05) is 17.7 Å². The number of rotatable bonds is 1. The quantitative estimate of drug-likeness (QED) is 0.795. The van der Waals surface area contributed by atoms with Gasteiger partial charge in [0, 0.05) is 25.6 Å². The van der Waals surface area contributed by atoms with Crippen molar-refractivity contribution >= 4 is 21.8 Å². The van der Waals surface area contributed by atoms with E-state index in [1.807, 2.05) is 42.5 Å². The Morgan fingerprint density at radius 1 is 1.33 bits per heavy atom. The van der Waals surface area contributed by atoms with Crippen LogP contribution in [0.1, 0.15) is 32.9 Å². The maximum Gasteiger partial charge on any atom is 0.254 e. The van der Waals surface area contributed by atoms with Crippen LogP contribution in [0, 0.1) is 13.8 Å². The van der Waals surface area contributed by atoms with Crippen LogP contribution in [0.4, 0.5) is 0 Å². The molecule has 5 heteroatoms. The summed E-state index contributed by atoms with van der Waals surface area (Å²) in [5.41, 5.74) is 5.23. The second-order valence-corrected chi connectivity index (χ2v) is 6.34. The molecule has 0 saturated heterocycles. The number of amides is 1. The number of imidazole rings is 1. The van der Waals surface area contributed by atoms with Gasteiger partial charge in [-0.2, -0.15) is 0 Å². The number of benzene rings is 1. The summed E-state index contributed by atoms with van der Waals surface area (Å²) in [5.74, 6) is 0.107. The number of aryl methyl sites for hydroxylation is 2. The van der Waals surface area contributed by atoms with Gasteiger partial charge in [0.15, 0.2) is 4.73 Å². The van der Waals surface area contributed by atoms with E-state index in [0.717, 1.165) is 40.2 Å². The molecule has 0 N–H and O–H groups in total. The number of fused-ring (bicyclic) bond motifs is 1. The molecule has 0 fully saturated rings. The summed E-state index contributed by atoms with van der Waals surface area (Å²) in [5, 5.41) is 0. The van der Waals surface area contributed by atoms with Crippen LogP contribution >= 0.6 is 15.9 Å². The number of carbonyl (C=O) groups is 1. The standard InChI is InChI=1S/C16H18BrN3O/c1-10-4-5-12(11(2)8-10)15(21)20-7-6-13-14(9-20)19(3)16(17)18-13/h4-5,8H,6-7,9H2,1-3H3. The van der Waals surface area contributed by atoms with Gasteiger partial charge in [-0.15, -0.1) is 0 Å². The molecule has 3 rings (SSSR count). The van der Waals surface area contributed by atoms with E-state index in [9.17, 15) is 4.79 Å². The molecule has 0 radical (unpaired) electrons. The largest absolute Gasteiger partial charge is 0.332 e. The predicted molar refractivity (Wildman–Crippen MR) is 85.3 cm³/mol. The van der Waals surface area contributed by atoms with Gasteiger partial charge in [-0.3, -0.25) is 4.79 Å². The van der Waals surface area contributed by atoms with Crippen LogP contribution in [-0.4, -0.2) is 26.9 Å². The van der Waals surface area contributed by atoms with Crippen LogP contribution in [0.15, 0.2) is 22.9 Å². The van der Waals surface area contributed by atoms with Crippen molar-refractivity contribution in [2.75, 3.05) is 6.54 Å². The Kier molecular flexibility index (Phi) is 3.61. The van der Waals surface area contributed by atoms with Crippen molar-refractivity contribution in [1.82, 2.24) is 14.5 Å². The van der Waals surface area contributed by atoms with Crippen molar-refractivity contribution in [3.63, 3.8) is 0 Å². The summed E-state index contributed by atoms with van der Waals surface area (Å²) in [6.45, 7) is 5.39. The third-order valence-electron chi connectivity index (χ3n) is 4.10. The van der Waals surface area contributed by atoms with Crippen LogP contribution in [0.5, 0.6) is 0 Å². The molecule has 1 aromatic carbocycles. The van der Waals surface area contributed by atoms with Gasteiger partial charge < -0.3 is 9.47 Å². The van der Waals surface area contributed by atoms with Crippen LogP contribution in [-0.2, 0) is 20.0 Å². The lowest BCUT2D eigenvalue weighted by molar-refractivity contribution is 0.0729. The van der Waals surface area contributed by atoms with Crippen LogP contribution in [0.25, 0.3) is 0 Å². The molecule has 1 aromatic heterocycles. The number of nitrogens with zero attached hydrogens (tertiary/aromatic N) is 3. The summed E-state index contributed by atoms with van der Waals surface area (Å²) >= 11 is 3.45. The fourth-order valence-corrected chi connectivity index (χ4v) is 3.28. The highest BCUT2D eigenvalue weighted by Crippen LogP contribution is 2.24. The minimum atomic E-state index is 0.107. The Labute approximate surface area is 132 Å². The average Bonchev–Trinajstić information content (AvgIpc) is 2.73. The Hall–Kier alpha value is -1.62. The Bertz CT molecular complexity index is 721. The first-order valence-corrected chi connectivity index (χ1v) is 7.83. The summed E-state index contributed by atoms with van der Waals surface area (Å²) < 4.78 is 2.84. The lowest BCUT2D eigenvalue weighted by Crippen LogP contribution is -2.37. The molecule has 0 spiro atoms. The third kappa shape index (κ3) is 2.50. The smallest absolute Gasteiger partial charge is 0.254 e. The highest BCUT2D eigenvalue weighted by molar-refractivity contribution is 9.10. The van der Waals surface area contributed by atoms with Crippen LogP contribution in [0.3, 0.4) is 0 Å². The number of carbonyl (C=O) groups excluding carboxylic acids is 1. The molecule has 0 unspecified atom stereocenters. The van der Waals surface area contributed by atoms with Gasteiger partial charge in [0.1, 0.15) is 0 Å². The van der Waals surface area contributed by atoms with Crippen molar-refractivity contribution in [3.05, 3.63) is 51.0 Å². The molecule has 0 atom stereocenters. The normalized spacial score (nSPS) is 14.2. The molecule has 2 aromatic rings. The zero-order valence-electron chi connectivity index (χ0n) is 12.5. The molecule has 0 aliphatic carbocycles. The van der Waals surface area contributed by atoms with Gasteiger partial charge in [0.2, 0.25) is 0 Å². The summed E-state index contributed by atoms with van der Waals surface area (Å²) in [4.78, 5) is 19.1. The topological polar surface area (TPSA) is 38.1 Å². The Morgan fingerprint density at radius 3 is 2.81 bits per heavy atom. The summed E-state index contributed by atoms with van der Waals surface area (Å²) in [6.07, 6.45) is 0.811. The van der Waals surface area contributed by atoms with E-state index in [0.29, 0.717) is 6.54 Å². The second-order valence-electron chi connectivity index (χ2n) is 5.63. The first kappa shape index (κ1) is 14.3. The monoisotopic (exact) mass is 347 g/mol. The molecule has 2 heterocycles. The van der Waals surface area contributed by atoms with E-state index in [-0.39, 0.29) is 5.91 Å². The second kappa shape index (κ2) is 5.30. The van der Waals surface area contributed by atoms with Crippen LogP contribution in [0.2, 0.25) is 0 Å². The predicted octanol–water partition coefficient (Wildman–Crippen LogP) is 3.00. The zero-order chi connectivity index (χ0) is 15.1. The van der Waals surface area contributed by atoms with Crippen molar-refractivity contribution in [1.29, 1.82) is 0 Å². The van der Waals surface area contributed by atoms with E-state index in [1.165, 1.54) is 5.56 Å². The number of hydrogen-bond acceptors (Lipinski definition) is 2. The average molecular weight is 348 g/mol. The van der Waals surface area contributed by atoms with E-state index in [1.54, 1.807) is 0 Å². The van der Waals surface area contributed by atoms with Crippen molar-refractivity contribution in [3.8, 4) is 0 Å². The fraction of sp³-hybridized carbons (Fsp3) is 0.375. The Morgan fingerprint density at radius 2 is 2.10 bits per heavy atom. The minimum absolute atomic E-state index is 0.107. The third-order valence-corrected chi connectivity index (χ3v) is 4.81. The minimum Gasteiger partial charge on any atom is -0.332 e. The number of hydrogen-bond donors (Lipinski definition) is 0. The Balaban J connectivity index is 1.88. The maximum absolute atomic E-state index is 12.7. The molecule has 110 valence electrons. The van der Waals surface area contributed by atoms with E-state index in [2.05, 4.69) is 27.0 Å². The highest BCUT2D eigenvalue weighted by atomic mass is 79.9. The van der Waals surface area contributed by atoms with Gasteiger partial charge in [-0.05, 0) is 41.4 Å². The van der Waals surface area contributed by atoms with Gasteiger partial charge in [-0.25, -0.2) is 4.98 Å². The maximum atomic E-state index is 12.7. The van der Waals surface area contributed by atoms with E-state index >= 15 is 0 Å². The summed E-state index contributed by atoms with van der Waals surface area (Å²) in [7, 11) is 1.97. The molecule has 1 aliphatic rings. The summed E-state index contributed by atoms with van der Waals surface area (Å²) in [6, 6.07) is 5.99. The molecule has 4 nitrogen and oxygen atoms in total. The lowest BCUT2D eigenvalue weighted by atomic mass is 10.0.